The summed E-state index contributed by atoms with van der Waals surface area (Å²) in [5.74, 6) is 0.823. The number of nitrogens with zero attached hydrogens (tertiary/aromatic N) is 3. The lowest BCUT2D eigenvalue weighted by Gasteiger charge is -2.23. The molecule has 1 aliphatic heterocycles. The molecule has 0 saturated carbocycles. The molecule has 1 aromatic heterocycles. The zero-order chi connectivity index (χ0) is 32.8. The number of rotatable bonds is 13. The molecular weight excluding hydrogens is 623 g/mol. The molecule has 0 bridgehead atoms. The Hall–Kier alpha value is -4.35. The van der Waals surface area contributed by atoms with Crippen molar-refractivity contribution in [2.75, 3.05) is 25.2 Å². The van der Waals surface area contributed by atoms with E-state index in [1.54, 1.807) is 42.5 Å². The van der Waals surface area contributed by atoms with Crippen molar-refractivity contribution in [3.63, 3.8) is 0 Å². The van der Waals surface area contributed by atoms with Gasteiger partial charge in [-0.05, 0) is 73.7 Å². The lowest BCUT2D eigenvalue weighted by atomic mass is 9.95. The molecule has 3 aromatic carbocycles. The summed E-state index contributed by atoms with van der Waals surface area (Å²) in [6.07, 6.45) is 0.870. The summed E-state index contributed by atoms with van der Waals surface area (Å²) in [6, 6.07) is 19.2. The number of methoxy groups -OCH3 is 1. The molecule has 46 heavy (non-hydrogen) atoms. The fraction of sp³-hybridized carbons (Fsp3) is 0.314. The highest BCUT2D eigenvalue weighted by molar-refractivity contribution is 8.00. The zero-order valence-electron chi connectivity index (χ0n) is 26.5. The van der Waals surface area contributed by atoms with Crippen LogP contribution in [0.25, 0.3) is 5.76 Å². The Bertz CT molecular complexity index is 1720. The smallest absolute Gasteiger partial charge is 0.301 e. The average Bonchev–Trinajstić information content (AvgIpc) is 3.62. The monoisotopic (exact) mass is 659 g/mol. The third kappa shape index (κ3) is 7.37. The maximum atomic E-state index is 13.7. The Morgan fingerprint density at radius 1 is 1.00 bits per heavy atom. The van der Waals surface area contributed by atoms with Crippen LogP contribution in [0.2, 0.25) is 0 Å². The Morgan fingerprint density at radius 3 is 2.41 bits per heavy atom. The van der Waals surface area contributed by atoms with E-state index in [1.165, 1.54) is 40.7 Å². The first-order valence-electron chi connectivity index (χ1n) is 15.1. The van der Waals surface area contributed by atoms with Crippen LogP contribution in [0, 0.1) is 12.8 Å². The SMILES string of the molecule is CCOc1ccc(/C(O)=C2/C(=O)C(=O)N(c3nnc(SCc4ccc(C)cc4)s3)C2c2ccc(OCCC(C)C)c(OC)c2)cc1. The molecule has 5 rings (SSSR count). The summed E-state index contributed by atoms with van der Waals surface area (Å²) in [5, 5.41) is 20.5. The largest absolute Gasteiger partial charge is 0.507 e. The minimum absolute atomic E-state index is 0.0613. The molecule has 1 aliphatic rings. The quantitative estimate of drug-likeness (QED) is 0.0510. The molecule has 0 aliphatic carbocycles. The summed E-state index contributed by atoms with van der Waals surface area (Å²) in [4.78, 5) is 28.7. The molecule has 4 aromatic rings. The number of Topliss-reactive ketones (excluding diaryl/α,β-unsaturated/α-hetero) is 1. The molecule has 240 valence electrons. The van der Waals surface area contributed by atoms with Gasteiger partial charge in [0.05, 0.1) is 31.9 Å². The number of anilines is 1. The molecule has 1 N–H and O–H groups in total. The minimum Gasteiger partial charge on any atom is -0.507 e. The van der Waals surface area contributed by atoms with E-state index in [1.807, 2.05) is 13.8 Å². The first kappa shape index (κ1) is 33.0. The molecule has 9 nitrogen and oxygen atoms in total. The van der Waals surface area contributed by atoms with Gasteiger partial charge in [0.2, 0.25) is 5.13 Å². The molecule has 1 unspecified atom stereocenters. The number of hydrogen-bond donors (Lipinski definition) is 1. The number of hydrogen-bond acceptors (Lipinski definition) is 10. The molecule has 0 spiro atoms. The number of benzene rings is 3. The number of amides is 1. The Labute approximate surface area is 277 Å². The summed E-state index contributed by atoms with van der Waals surface area (Å²) >= 11 is 2.71. The number of aliphatic hydroxyl groups is 1. The van der Waals surface area contributed by atoms with Crippen LogP contribution in [0.4, 0.5) is 5.13 Å². The predicted molar refractivity (Wildman–Crippen MR) is 181 cm³/mol. The van der Waals surface area contributed by atoms with E-state index in [0.717, 1.165) is 12.0 Å². The number of aliphatic hydroxyl groups excluding tert-OH is 1. The third-order valence-electron chi connectivity index (χ3n) is 7.42. The number of carbonyl (C=O) groups is 2. The van der Waals surface area contributed by atoms with Gasteiger partial charge in [-0.2, -0.15) is 0 Å². The third-order valence-corrected chi connectivity index (χ3v) is 9.55. The van der Waals surface area contributed by atoms with E-state index in [4.69, 9.17) is 14.2 Å². The van der Waals surface area contributed by atoms with Crippen LogP contribution in [0.5, 0.6) is 17.2 Å². The van der Waals surface area contributed by atoms with E-state index in [-0.39, 0.29) is 16.5 Å². The molecule has 1 amide bonds. The molecular formula is C35H37N3O6S2. The highest BCUT2D eigenvalue weighted by atomic mass is 32.2. The first-order valence-corrected chi connectivity index (χ1v) is 16.9. The average molecular weight is 660 g/mol. The number of ether oxygens (including phenoxy) is 3. The van der Waals surface area contributed by atoms with Gasteiger partial charge >= 0.3 is 5.91 Å². The van der Waals surface area contributed by atoms with Crippen LogP contribution in [0.15, 0.2) is 76.6 Å². The van der Waals surface area contributed by atoms with Crippen molar-refractivity contribution in [3.05, 3.63) is 94.6 Å². The van der Waals surface area contributed by atoms with Crippen molar-refractivity contribution in [3.8, 4) is 17.2 Å². The second kappa shape index (κ2) is 14.8. The fourth-order valence-corrected chi connectivity index (χ4v) is 6.77. The zero-order valence-corrected chi connectivity index (χ0v) is 28.1. The van der Waals surface area contributed by atoms with Crippen molar-refractivity contribution < 1.29 is 28.9 Å². The second-order valence-electron chi connectivity index (χ2n) is 11.2. The fourth-order valence-electron chi connectivity index (χ4n) is 4.94. The minimum atomic E-state index is -0.993. The summed E-state index contributed by atoms with van der Waals surface area (Å²) in [7, 11) is 1.54. The van der Waals surface area contributed by atoms with Crippen LogP contribution in [-0.4, -0.2) is 47.3 Å². The summed E-state index contributed by atoms with van der Waals surface area (Å²) in [6.45, 7) is 9.16. The van der Waals surface area contributed by atoms with E-state index in [2.05, 4.69) is 48.3 Å². The van der Waals surface area contributed by atoms with Gasteiger partial charge in [-0.15, -0.1) is 10.2 Å². The normalized spacial score (nSPS) is 15.9. The van der Waals surface area contributed by atoms with Crippen LogP contribution in [0.1, 0.15) is 55.5 Å². The van der Waals surface area contributed by atoms with Gasteiger partial charge < -0.3 is 19.3 Å². The van der Waals surface area contributed by atoms with Crippen LogP contribution in [-0.2, 0) is 15.3 Å². The number of ketones is 1. The highest BCUT2D eigenvalue weighted by Crippen LogP contribution is 2.45. The lowest BCUT2D eigenvalue weighted by molar-refractivity contribution is -0.132. The van der Waals surface area contributed by atoms with Gasteiger partial charge in [-0.3, -0.25) is 14.5 Å². The summed E-state index contributed by atoms with van der Waals surface area (Å²) in [5.41, 5.74) is 3.17. The molecule has 11 heteroatoms. The molecule has 2 heterocycles. The van der Waals surface area contributed by atoms with Crippen molar-refractivity contribution in [1.82, 2.24) is 10.2 Å². The molecule has 1 fully saturated rings. The van der Waals surface area contributed by atoms with Crippen molar-refractivity contribution >= 4 is 45.7 Å². The van der Waals surface area contributed by atoms with Gasteiger partial charge in [-0.1, -0.05) is 72.8 Å². The first-order chi connectivity index (χ1) is 22.2. The van der Waals surface area contributed by atoms with Crippen LogP contribution >= 0.6 is 23.1 Å². The number of aryl methyl sites for hydroxylation is 1. The van der Waals surface area contributed by atoms with E-state index < -0.39 is 17.7 Å². The number of carbonyl (C=O) groups excluding carboxylic acids is 2. The standard InChI is InChI=1S/C35H37N3O6S2/c1-6-43-26-14-11-24(12-15-26)31(39)29-30(25-13-16-27(28(19-25)42-5)44-18-17-21(2)3)38(33(41)32(29)40)34-36-37-35(46-34)45-20-23-9-7-22(4)8-10-23/h7-16,19,21,30,39H,6,17-18,20H2,1-5H3/b31-29-. The van der Waals surface area contributed by atoms with Crippen molar-refractivity contribution in [1.29, 1.82) is 0 Å². The molecule has 1 saturated heterocycles. The lowest BCUT2D eigenvalue weighted by Crippen LogP contribution is -2.29. The van der Waals surface area contributed by atoms with Crippen molar-refractivity contribution in [2.45, 2.75) is 50.3 Å². The van der Waals surface area contributed by atoms with Crippen molar-refractivity contribution in [2.24, 2.45) is 5.92 Å². The predicted octanol–water partition coefficient (Wildman–Crippen LogP) is 7.60. The molecule has 0 radical (unpaired) electrons. The Kier molecular flexibility index (Phi) is 10.6. The molecule has 1 atom stereocenters. The Balaban J connectivity index is 1.54. The van der Waals surface area contributed by atoms with Crippen LogP contribution < -0.4 is 19.1 Å². The number of thioether (sulfide) groups is 1. The van der Waals surface area contributed by atoms with Gasteiger partial charge in [0.15, 0.2) is 15.8 Å². The Morgan fingerprint density at radius 2 is 1.74 bits per heavy atom. The van der Waals surface area contributed by atoms with E-state index in [0.29, 0.717) is 57.6 Å². The maximum absolute atomic E-state index is 13.7. The second-order valence-corrected chi connectivity index (χ2v) is 13.4. The van der Waals surface area contributed by atoms with Gasteiger partial charge in [0.1, 0.15) is 11.5 Å². The van der Waals surface area contributed by atoms with Gasteiger partial charge in [0.25, 0.3) is 5.78 Å². The van der Waals surface area contributed by atoms with E-state index in [9.17, 15) is 14.7 Å². The summed E-state index contributed by atoms with van der Waals surface area (Å²) < 4.78 is 17.8. The van der Waals surface area contributed by atoms with Gasteiger partial charge in [-0.25, -0.2) is 0 Å². The highest BCUT2D eigenvalue weighted by Gasteiger charge is 2.48. The van der Waals surface area contributed by atoms with E-state index >= 15 is 0 Å². The van der Waals surface area contributed by atoms with Gasteiger partial charge in [0, 0.05) is 11.3 Å². The maximum Gasteiger partial charge on any atom is 0.301 e. The van der Waals surface area contributed by atoms with Crippen LogP contribution in [0.3, 0.4) is 0 Å². The topological polar surface area (TPSA) is 111 Å². The number of aromatic nitrogens is 2.